The first-order chi connectivity index (χ1) is 8.88. The van der Waals surface area contributed by atoms with E-state index in [-0.39, 0.29) is 12.3 Å². The second kappa shape index (κ2) is 7.28. The van der Waals surface area contributed by atoms with Gasteiger partial charge in [0.2, 0.25) is 5.91 Å². The minimum Gasteiger partial charge on any atom is -0.399 e. The number of hydrogen-bond donors (Lipinski definition) is 2. The Kier molecular flexibility index (Phi) is 6.02. The van der Waals surface area contributed by atoms with Crippen LogP contribution in [0.3, 0.4) is 0 Å². The molecule has 0 aromatic heterocycles. The molecule has 0 saturated heterocycles. The molecule has 0 aliphatic carbocycles. The smallest absolute Gasteiger partial charge is 0.225 e. The van der Waals surface area contributed by atoms with Gasteiger partial charge in [-0.25, -0.2) is 0 Å². The normalized spacial score (nSPS) is 12.4. The number of anilines is 2. The number of amides is 1. The van der Waals surface area contributed by atoms with Crippen molar-refractivity contribution in [2.24, 2.45) is 5.92 Å². The predicted molar refractivity (Wildman–Crippen MR) is 81.6 cm³/mol. The highest BCUT2D eigenvalue weighted by Crippen LogP contribution is 2.18. The van der Waals surface area contributed by atoms with Gasteiger partial charge in [-0.1, -0.05) is 19.9 Å². The molecule has 106 valence electrons. The van der Waals surface area contributed by atoms with E-state index >= 15 is 0 Å². The van der Waals surface area contributed by atoms with Gasteiger partial charge in [-0.15, -0.1) is 0 Å². The molecule has 5 heteroatoms. The molecule has 0 fully saturated rings. The molecular weight excluding hydrogens is 260 g/mol. The number of carbonyl (C=O) groups excluding carboxylic acids is 1. The monoisotopic (exact) mass is 282 g/mol. The molecule has 1 rings (SSSR count). The third kappa shape index (κ3) is 5.87. The summed E-state index contributed by atoms with van der Waals surface area (Å²) in [6.07, 6.45) is 0.271. The van der Waals surface area contributed by atoms with Gasteiger partial charge in [0.25, 0.3) is 0 Å². The summed E-state index contributed by atoms with van der Waals surface area (Å²) in [5.41, 5.74) is 7.98. The molecule has 0 aliphatic heterocycles. The minimum absolute atomic E-state index is 0.120. The van der Waals surface area contributed by atoms with Crippen LogP contribution in [0, 0.1) is 12.8 Å². The van der Waals surface area contributed by atoms with Crippen molar-refractivity contribution >= 4 is 28.1 Å². The first-order valence-corrected chi connectivity index (χ1v) is 7.88. The maximum Gasteiger partial charge on any atom is 0.225 e. The molecule has 0 saturated carbocycles. The Hall–Kier alpha value is -1.36. The third-order valence-corrected chi connectivity index (χ3v) is 4.31. The Balaban J connectivity index is 2.47. The van der Waals surface area contributed by atoms with Gasteiger partial charge in [0.05, 0.1) is 0 Å². The van der Waals surface area contributed by atoms with Gasteiger partial charge in [-0.2, -0.15) is 0 Å². The minimum atomic E-state index is -0.924. The molecule has 3 N–H and O–H groups in total. The zero-order valence-electron chi connectivity index (χ0n) is 11.7. The molecule has 0 spiro atoms. The topological polar surface area (TPSA) is 72.2 Å². The molecule has 19 heavy (non-hydrogen) atoms. The largest absolute Gasteiger partial charge is 0.399 e. The Morgan fingerprint density at radius 3 is 2.74 bits per heavy atom. The van der Waals surface area contributed by atoms with Gasteiger partial charge in [0, 0.05) is 40.1 Å². The number of rotatable bonds is 6. The fourth-order valence-corrected chi connectivity index (χ4v) is 2.97. The highest BCUT2D eigenvalue weighted by molar-refractivity contribution is 7.85. The average Bonchev–Trinajstić information content (AvgIpc) is 2.30. The van der Waals surface area contributed by atoms with Gasteiger partial charge in [0.15, 0.2) is 0 Å². The quantitative estimate of drug-likeness (QED) is 0.786. The number of nitrogens with one attached hydrogen (secondary N) is 1. The van der Waals surface area contributed by atoms with Crippen molar-refractivity contribution in [2.75, 3.05) is 22.6 Å². The van der Waals surface area contributed by atoms with Crippen LogP contribution in [0.2, 0.25) is 0 Å². The number of hydrogen-bond acceptors (Lipinski definition) is 3. The van der Waals surface area contributed by atoms with E-state index in [2.05, 4.69) is 5.32 Å². The van der Waals surface area contributed by atoms with Crippen molar-refractivity contribution < 1.29 is 9.00 Å². The van der Waals surface area contributed by atoms with Crippen LogP contribution in [0.25, 0.3) is 0 Å². The van der Waals surface area contributed by atoms with Crippen molar-refractivity contribution in [3.63, 3.8) is 0 Å². The molecular formula is C14H22N2O2S. The van der Waals surface area contributed by atoms with E-state index in [4.69, 9.17) is 5.73 Å². The van der Waals surface area contributed by atoms with Crippen molar-refractivity contribution in [3.8, 4) is 0 Å². The van der Waals surface area contributed by atoms with Crippen LogP contribution < -0.4 is 11.1 Å². The van der Waals surface area contributed by atoms with E-state index in [0.29, 0.717) is 23.1 Å². The zero-order chi connectivity index (χ0) is 14.4. The van der Waals surface area contributed by atoms with Crippen LogP contribution in [0.1, 0.15) is 25.8 Å². The van der Waals surface area contributed by atoms with Crippen molar-refractivity contribution in [3.05, 3.63) is 23.8 Å². The number of nitrogens with two attached hydrogens (primary N) is 1. The summed E-state index contributed by atoms with van der Waals surface area (Å²) in [4.78, 5) is 11.8. The second-order valence-electron chi connectivity index (χ2n) is 5.08. The fraction of sp³-hybridized carbons (Fsp3) is 0.500. The summed E-state index contributed by atoms with van der Waals surface area (Å²) in [7, 11) is -0.924. The average molecular weight is 282 g/mol. The first-order valence-electron chi connectivity index (χ1n) is 6.39. The van der Waals surface area contributed by atoms with Gasteiger partial charge in [-0.05, 0) is 30.5 Å². The summed E-state index contributed by atoms with van der Waals surface area (Å²) < 4.78 is 11.6. The van der Waals surface area contributed by atoms with Gasteiger partial charge >= 0.3 is 0 Å². The number of benzene rings is 1. The lowest BCUT2D eigenvalue weighted by Crippen LogP contribution is -2.17. The van der Waals surface area contributed by atoms with E-state index in [1.807, 2.05) is 26.8 Å². The Morgan fingerprint density at radius 2 is 2.11 bits per heavy atom. The molecule has 1 unspecified atom stereocenters. The summed E-state index contributed by atoms with van der Waals surface area (Å²) in [5.74, 6) is 1.32. The molecule has 1 amide bonds. The number of carbonyl (C=O) groups is 1. The summed E-state index contributed by atoms with van der Waals surface area (Å²) >= 11 is 0. The molecule has 1 aromatic carbocycles. The molecule has 0 bridgehead atoms. The van der Waals surface area contributed by atoms with E-state index in [0.717, 1.165) is 11.3 Å². The highest BCUT2D eigenvalue weighted by Gasteiger charge is 2.09. The lowest BCUT2D eigenvalue weighted by Gasteiger charge is -2.09. The maximum atomic E-state index is 11.8. The van der Waals surface area contributed by atoms with Crippen LogP contribution in [0.4, 0.5) is 11.4 Å². The summed E-state index contributed by atoms with van der Waals surface area (Å²) in [6, 6.07) is 5.39. The van der Waals surface area contributed by atoms with Gasteiger partial charge in [-0.3, -0.25) is 9.00 Å². The lowest BCUT2D eigenvalue weighted by molar-refractivity contribution is -0.115. The van der Waals surface area contributed by atoms with Gasteiger partial charge < -0.3 is 11.1 Å². The van der Waals surface area contributed by atoms with E-state index in [1.54, 1.807) is 12.1 Å². The molecule has 0 radical (unpaired) electrons. The second-order valence-corrected chi connectivity index (χ2v) is 6.70. The zero-order valence-corrected chi connectivity index (χ0v) is 12.5. The number of aryl methyl sites for hydroxylation is 1. The Bertz CT molecular complexity index is 473. The van der Waals surface area contributed by atoms with E-state index < -0.39 is 10.8 Å². The maximum absolute atomic E-state index is 11.8. The Labute approximate surface area is 117 Å². The Morgan fingerprint density at radius 1 is 1.42 bits per heavy atom. The third-order valence-electron chi connectivity index (χ3n) is 2.61. The molecule has 1 atom stereocenters. The van der Waals surface area contributed by atoms with Crippen LogP contribution in [0.15, 0.2) is 18.2 Å². The highest BCUT2D eigenvalue weighted by atomic mass is 32.2. The molecule has 0 aliphatic rings. The SMILES string of the molecule is Cc1ccc(N)cc1NC(=O)CCS(=O)CC(C)C. The van der Waals surface area contributed by atoms with Crippen molar-refractivity contribution in [1.29, 1.82) is 0 Å². The van der Waals surface area contributed by atoms with E-state index in [9.17, 15) is 9.00 Å². The van der Waals surface area contributed by atoms with E-state index in [1.165, 1.54) is 0 Å². The number of nitrogen functional groups attached to an aromatic ring is 1. The first kappa shape index (κ1) is 15.7. The van der Waals surface area contributed by atoms with Crippen LogP contribution in [0.5, 0.6) is 0 Å². The van der Waals surface area contributed by atoms with Crippen LogP contribution in [-0.4, -0.2) is 21.6 Å². The lowest BCUT2D eigenvalue weighted by atomic mass is 10.2. The fourth-order valence-electron chi connectivity index (χ4n) is 1.65. The van der Waals surface area contributed by atoms with Crippen LogP contribution in [-0.2, 0) is 15.6 Å². The predicted octanol–water partition coefficient (Wildman–Crippen LogP) is 2.31. The van der Waals surface area contributed by atoms with Gasteiger partial charge in [0.1, 0.15) is 0 Å². The van der Waals surface area contributed by atoms with Crippen molar-refractivity contribution in [2.45, 2.75) is 27.2 Å². The standard InChI is InChI=1S/C14H22N2O2S/c1-10(2)9-19(18)7-6-14(17)16-13-8-12(15)5-4-11(13)3/h4-5,8,10H,6-7,9,15H2,1-3H3,(H,16,17). The van der Waals surface area contributed by atoms with Crippen LogP contribution >= 0.6 is 0 Å². The summed E-state index contributed by atoms with van der Waals surface area (Å²) in [6.45, 7) is 5.95. The molecule has 0 heterocycles. The molecule has 4 nitrogen and oxygen atoms in total. The van der Waals surface area contributed by atoms with Crippen molar-refractivity contribution in [1.82, 2.24) is 0 Å². The molecule has 1 aromatic rings. The summed E-state index contributed by atoms with van der Waals surface area (Å²) in [5, 5.41) is 2.81.